The monoisotopic (exact) mass is 252 g/mol. The summed E-state index contributed by atoms with van der Waals surface area (Å²) in [6.45, 7) is 8.67. The fraction of sp³-hybridized carbons (Fsp3) is 1.00. The standard InChI is InChI=1S/C16H32N2/c1-3-11-18-12-6-8-15(10-13-18)17-16-9-5-4-7-14(16)2/h14-17H,3-13H2,1-2H3. The van der Waals surface area contributed by atoms with Crippen LogP contribution in [0.3, 0.4) is 0 Å². The summed E-state index contributed by atoms with van der Waals surface area (Å²) in [5.74, 6) is 0.897. The Morgan fingerprint density at radius 3 is 2.61 bits per heavy atom. The number of hydrogen-bond donors (Lipinski definition) is 1. The molecule has 1 heterocycles. The number of nitrogens with zero attached hydrogens (tertiary/aromatic N) is 1. The first-order valence-corrected chi connectivity index (χ1v) is 8.28. The fourth-order valence-corrected chi connectivity index (χ4v) is 3.73. The molecule has 3 unspecified atom stereocenters. The van der Waals surface area contributed by atoms with Gasteiger partial charge in [0.25, 0.3) is 0 Å². The second kappa shape index (κ2) is 7.49. The smallest absolute Gasteiger partial charge is 0.00952 e. The van der Waals surface area contributed by atoms with Crippen molar-refractivity contribution < 1.29 is 0 Å². The topological polar surface area (TPSA) is 15.3 Å². The Balaban J connectivity index is 1.75. The lowest BCUT2D eigenvalue weighted by Gasteiger charge is -2.33. The third kappa shape index (κ3) is 4.24. The molecule has 0 spiro atoms. The number of nitrogens with one attached hydrogen (secondary N) is 1. The van der Waals surface area contributed by atoms with Gasteiger partial charge in [0.15, 0.2) is 0 Å². The van der Waals surface area contributed by atoms with Gasteiger partial charge in [0.2, 0.25) is 0 Å². The first kappa shape index (κ1) is 14.3. The molecule has 1 saturated heterocycles. The van der Waals surface area contributed by atoms with Crippen LogP contribution in [-0.2, 0) is 0 Å². The molecule has 0 radical (unpaired) electrons. The zero-order valence-corrected chi connectivity index (χ0v) is 12.5. The van der Waals surface area contributed by atoms with Crippen LogP contribution in [0.15, 0.2) is 0 Å². The van der Waals surface area contributed by atoms with Crippen molar-refractivity contribution in [2.75, 3.05) is 19.6 Å². The van der Waals surface area contributed by atoms with Crippen LogP contribution in [0, 0.1) is 5.92 Å². The summed E-state index contributed by atoms with van der Waals surface area (Å²) in [7, 11) is 0. The van der Waals surface area contributed by atoms with Gasteiger partial charge in [-0.2, -0.15) is 0 Å². The lowest BCUT2D eigenvalue weighted by atomic mass is 9.85. The Kier molecular flexibility index (Phi) is 5.97. The van der Waals surface area contributed by atoms with E-state index in [1.807, 2.05) is 0 Å². The van der Waals surface area contributed by atoms with Crippen LogP contribution in [0.4, 0.5) is 0 Å². The number of rotatable bonds is 4. The lowest BCUT2D eigenvalue weighted by molar-refractivity contribution is 0.244. The third-order valence-electron chi connectivity index (χ3n) is 4.92. The molecule has 0 aromatic carbocycles. The molecule has 106 valence electrons. The van der Waals surface area contributed by atoms with Crippen LogP contribution in [0.5, 0.6) is 0 Å². The van der Waals surface area contributed by atoms with E-state index in [1.165, 1.54) is 71.0 Å². The second-order valence-electron chi connectivity index (χ2n) is 6.50. The molecule has 2 rings (SSSR count). The largest absolute Gasteiger partial charge is 0.311 e. The fourth-order valence-electron chi connectivity index (χ4n) is 3.73. The van der Waals surface area contributed by atoms with Gasteiger partial charge in [-0.15, -0.1) is 0 Å². The molecule has 0 bridgehead atoms. The van der Waals surface area contributed by atoms with Crippen LogP contribution in [0.25, 0.3) is 0 Å². The minimum atomic E-state index is 0.789. The predicted octanol–water partition coefficient (Wildman–Crippen LogP) is 3.42. The maximum atomic E-state index is 3.98. The average molecular weight is 252 g/mol. The molecule has 1 aliphatic heterocycles. The van der Waals surface area contributed by atoms with Crippen molar-refractivity contribution in [2.24, 2.45) is 5.92 Å². The van der Waals surface area contributed by atoms with Gasteiger partial charge >= 0.3 is 0 Å². The summed E-state index contributed by atoms with van der Waals surface area (Å²) in [4.78, 5) is 2.66. The summed E-state index contributed by atoms with van der Waals surface area (Å²) in [5, 5.41) is 3.98. The van der Waals surface area contributed by atoms with E-state index in [0.29, 0.717) is 0 Å². The number of hydrogen-bond acceptors (Lipinski definition) is 2. The Labute approximate surface area is 114 Å². The molecule has 0 aromatic rings. The van der Waals surface area contributed by atoms with Gasteiger partial charge in [-0.1, -0.05) is 26.7 Å². The van der Waals surface area contributed by atoms with E-state index in [2.05, 4.69) is 24.1 Å². The summed E-state index contributed by atoms with van der Waals surface area (Å²) < 4.78 is 0. The zero-order chi connectivity index (χ0) is 12.8. The van der Waals surface area contributed by atoms with E-state index < -0.39 is 0 Å². The molecule has 3 atom stereocenters. The maximum Gasteiger partial charge on any atom is 0.00952 e. The Hall–Kier alpha value is -0.0800. The third-order valence-corrected chi connectivity index (χ3v) is 4.92. The highest BCUT2D eigenvalue weighted by molar-refractivity contribution is 4.83. The molecule has 2 nitrogen and oxygen atoms in total. The molecular formula is C16H32N2. The highest BCUT2D eigenvalue weighted by Crippen LogP contribution is 2.25. The molecule has 2 fully saturated rings. The summed E-state index contributed by atoms with van der Waals surface area (Å²) in [6, 6.07) is 1.60. The Morgan fingerprint density at radius 1 is 1.00 bits per heavy atom. The van der Waals surface area contributed by atoms with E-state index in [9.17, 15) is 0 Å². The van der Waals surface area contributed by atoms with Gasteiger partial charge < -0.3 is 10.2 Å². The Bertz CT molecular complexity index is 229. The van der Waals surface area contributed by atoms with E-state index in [-0.39, 0.29) is 0 Å². The quantitative estimate of drug-likeness (QED) is 0.825. The van der Waals surface area contributed by atoms with Gasteiger partial charge in [0.05, 0.1) is 0 Å². The van der Waals surface area contributed by atoms with E-state index in [1.54, 1.807) is 0 Å². The van der Waals surface area contributed by atoms with Crippen molar-refractivity contribution in [3.05, 3.63) is 0 Å². The van der Waals surface area contributed by atoms with Crippen molar-refractivity contribution in [1.82, 2.24) is 10.2 Å². The molecule has 1 N–H and O–H groups in total. The molecule has 0 aromatic heterocycles. The van der Waals surface area contributed by atoms with Crippen molar-refractivity contribution in [2.45, 2.75) is 77.3 Å². The van der Waals surface area contributed by atoms with Crippen LogP contribution >= 0.6 is 0 Å². The molecule has 1 saturated carbocycles. The summed E-state index contributed by atoms with van der Waals surface area (Å²) >= 11 is 0. The minimum absolute atomic E-state index is 0.789. The van der Waals surface area contributed by atoms with Crippen LogP contribution in [0.1, 0.15) is 65.2 Å². The van der Waals surface area contributed by atoms with E-state index in [0.717, 1.165) is 18.0 Å². The predicted molar refractivity (Wildman–Crippen MR) is 78.9 cm³/mol. The van der Waals surface area contributed by atoms with Crippen molar-refractivity contribution in [1.29, 1.82) is 0 Å². The van der Waals surface area contributed by atoms with E-state index in [4.69, 9.17) is 0 Å². The lowest BCUT2D eigenvalue weighted by Crippen LogP contribution is -2.43. The van der Waals surface area contributed by atoms with Crippen molar-refractivity contribution in [3.8, 4) is 0 Å². The maximum absolute atomic E-state index is 3.98. The van der Waals surface area contributed by atoms with E-state index >= 15 is 0 Å². The molecule has 0 amide bonds. The highest BCUT2D eigenvalue weighted by atomic mass is 15.1. The number of likely N-dealkylation sites (tertiary alicyclic amines) is 1. The van der Waals surface area contributed by atoms with Crippen LogP contribution in [-0.4, -0.2) is 36.6 Å². The average Bonchev–Trinajstić information content (AvgIpc) is 2.59. The van der Waals surface area contributed by atoms with Gasteiger partial charge in [0.1, 0.15) is 0 Å². The highest BCUT2D eigenvalue weighted by Gasteiger charge is 2.25. The molecule has 1 aliphatic carbocycles. The second-order valence-corrected chi connectivity index (χ2v) is 6.50. The van der Waals surface area contributed by atoms with Gasteiger partial charge in [0, 0.05) is 12.1 Å². The van der Waals surface area contributed by atoms with Crippen LogP contribution < -0.4 is 5.32 Å². The SMILES string of the molecule is CCCN1CCCC(NC2CCCCC2C)CC1. The zero-order valence-electron chi connectivity index (χ0n) is 12.5. The normalized spacial score (nSPS) is 35.3. The van der Waals surface area contributed by atoms with Gasteiger partial charge in [-0.05, 0) is 64.1 Å². The molecule has 2 heteroatoms. The first-order valence-electron chi connectivity index (χ1n) is 8.28. The molecular weight excluding hydrogens is 220 g/mol. The molecule has 18 heavy (non-hydrogen) atoms. The minimum Gasteiger partial charge on any atom is -0.311 e. The summed E-state index contributed by atoms with van der Waals surface area (Å²) in [5.41, 5.74) is 0. The van der Waals surface area contributed by atoms with Gasteiger partial charge in [-0.3, -0.25) is 0 Å². The molecule has 2 aliphatic rings. The van der Waals surface area contributed by atoms with Crippen LogP contribution in [0.2, 0.25) is 0 Å². The summed E-state index contributed by atoms with van der Waals surface area (Å²) in [6.07, 6.45) is 11.2. The first-order chi connectivity index (χ1) is 8.79. The Morgan fingerprint density at radius 2 is 1.83 bits per heavy atom. The van der Waals surface area contributed by atoms with Crippen molar-refractivity contribution in [3.63, 3.8) is 0 Å². The van der Waals surface area contributed by atoms with Gasteiger partial charge in [-0.25, -0.2) is 0 Å². The van der Waals surface area contributed by atoms with Crippen molar-refractivity contribution >= 4 is 0 Å².